The molecular weight excluding hydrogens is 352 g/mol. The van der Waals surface area contributed by atoms with Crippen LogP contribution in [0.15, 0.2) is 18.2 Å². The van der Waals surface area contributed by atoms with Gasteiger partial charge in [-0.2, -0.15) is 13.2 Å². The first-order chi connectivity index (χ1) is 12.1. The van der Waals surface area contributed by atoms with E-state index >= 15 is 0 Å². The summed E-state index contributed by atoms with van der Waals surface area (Å²) in [5, 5.41) is 5.29. The molecule has 0 saturated carbocycles. The van der Waals surface area contributed by atoms with Crippen LogP contribution in [0.5, 0.6) is 0 Å². The minimum atomic E-state index is -4.20. The van der Waals surface area contributed by atoms with E-state index in [4.69, 9.17) is 0 Å². The van der Waals surface area contributed by atoms with E-state index in [1.54, 1.807) is 31.1 Å². The van der Waals surface area contributed by atoms with Crippen molar-refractivity contribution >= 4 is 11.7 Å². The molecule has 1 fully saturated rings. The van der Waals surface area contributed by atoms with E-state index in [0.29, 0.717) is 37.3 Å². The number of likely N-dealkylation sites (tertiary alicyclic amines) is 1. The molecule has 1 aliphatic heterocycles. The van der Waals surface area contributed by atoms with Crippen molar-refractivity contribution in [2.24, 2.45) is 5.92 Å². The number of amides is 2. The van der Waals surface area contributed by atoms with Crippen LogP contribution in [0.25, 0.3) is 0 Å². The van der Waals surface area contributed by atoms with Crippen LogP contribution in [0.4, 0.5) is 28.0 Å². The third kappa shape index (κ3) is 6.36. The quantitative estimate of drug-likeness (QED) is 0.751. The molecule has 9 heteroatoms. The number of carbonyl (C=O) groups excluding carboxylic acids is 1. The van der Waals surface area contributed by atoms with E-state index < -0.39 is 18.8 Å². The summed E-state index contributed by atoms with van der Waals surface area (Å²) in [5.41, 5.74) is 1.09. The Morgan fingerprint density at radius 2 is 2.04 bits per heavy atom. The fourth-order valence-electron chi connectivity index (χ4n) is 2.98. The molecule has 1 aliphatic rings. The summed E-state index contributed by atoms with van der Waals surface area (Å²) >= 11 is 0. The molecule has 0 unspecified atom stereocenters. The van der Waals surface area contributed by atoms with Gasteiger partial charge in [0.2, 0.25) is 0 Å². The first-order valence-corrected chi connectivity index (χ1v) is 8.40. The van der Waals surface area contributed by atoms with Gasteiger partial charge in [0.1, 0.15) is 5.82 Å². The van der Waals surface area contributed by atoms with Crippen molar-refractivity contribution in [2.45, 2.75) is 19.1 Å². The molecule has 0 spiro atoms. The molecule has 1 heterocycles. The first-order valence-electron chi connectivity index (χ1n) is 8.40. The van der Waals surface area contributed by atoms with E-state index in [1.807, 2.05) is 0 Å². The molecule has 0 bridgehead atoms. The molecule has 1 aromatic carbocycles. The molecular formula is C17H24F4N4O. The number of hydrogen-bond donors (Lipinski definition) is 2. The van der Waals surface area contributed by atoms with Crippen molar-refractivity contribution in [3.8, 4) is 0 Å². The summed E-state index contributed by atoms with van der Waals surface area (Å²) in [4.78, 5) is 14.8. The maximum absolute atomic E-state index is 13.9. The second-order valence-electron chi connectivity index (χ2n) is 6.75. The average Bonchev–Trinajstić information content (AvgIpc) is 2.96. The zero-order chi connectivity index (χ0) is 19.3. The van der Waals surface area contributed by atoms with Crippen LogP contribution in [0, 0.1) is 11.7 Å². The number of rotatable bonds is 6. The van der Waals surface area contributed by atoms with Crippen LogP contribution in [-0.2, 0) is 6.54 Å². The van der Waals surface area contributed by atoms with Gasteiger partial charge in [-0.3, -0.25) is 4.90 Å². The van der Waals surface area contributed by atoms with Crippen LogP contribution in [-0.4, -0.2) is 57.4 Å². The highest BCUT2D eigenvalue weighted by Gasteiger charge is 2.34. The highest BCUT2D eigenvalue weighted by atomic mass is 19.4. The molecule has 2 rings (SSSR count). The van der Waals surface area contributed by atoms with Crippen LogP contribution in [0.3, 0.4) is 0 Å². The molecule has 1 aromatic rings. The summed E-state index contributed by atoms with van der Waals surface area (Å²) in [6.45, 7) is 0.266. The summed E-state index contributed by atoms with van der Waals surface area (Å²) in [7, 11) is 3.48. The molecule has 2 amide bonds. The maximum atomic E-state index is 13.9. The van der Waals surface area contributed by atoms with Gasteiger partial charge in [-0.25, -0.2) is 9.18 Å². The lowest BCUT2D eigenvalue weighted by Crippen LogP contribution is -2.39. The largest absolute Gasteiger partial charge is 0.401 e. The second kappa shape index (κ2) is 8.57. The Morgan fingerprint density at radius 1 is 1.31 bits per heavy atom. The highest BCUT2D eigenvalue weighted by molar-refractivity contribution is 5.73. The monoisotopic (exact) mass is 376 g/mol. The van der Waals surface area contributed by atoms with Gasteiger partial charge >= 0.3 is 12.2 Å². The molecule has 2 N–H and O–H groups in total. The number of hydrogen-bond acceptors (Lipinski definition) is 3. The van der Waals surface area contributed by atoms with Gasteiger partial charge in [-0.05, 0) is 36.6 Å². The van der Waals surface area contributed by atoms with Gasteiger partial charge in [0.25, 0.3) is 0 Å². The normalized spacial score (nSPS) is 18.0. The van der Waals surface area contributed by atoms with Gasteiger partial charge in [0, 0.05) is 33.7 Å². The van der Waals surface area contributed by atoms with Crippen LogP contribution >= 0.6 is 0 Å². The van der Waals surface area contributed by atoms with Crippen molar-refractivity contribution in [1.29, 1.82) is 0 Å². The lowest BCUT2D eigenvalue weighted by molar-refractivity contribution is -0.143. The zero-order valence-corrected chi connectivity index (χ0v) is 14.9. The standard InChI is InChI=1S/C17H24F4N4O/c1-24(2)15-4-3-12(7-14(15)18)8-22-16(26)23-9-13-5-6-25(10-13)11-17(19,20)21/h3-4,7,13H,5-6,8-11H2,1-2H3,(H2,22,23,26)/t13-/m1/s1. The second-order valence-corrected chi connectivity index (χ2v) is 6.75. The average molecular weight is 376 g/mol. The van der Waals surface area contributed by atoms with Crippen molar-refractivity contribution in [1.82, 2.24) is 15.5 Å². The fourth-order valence-corrected chi connectivity index (χ4v) is 2.98. The fraction of sp³-hybridized carbons (Fsp3) is 0.588. The van der Waals surface area contributed by atoms with Gasteiger partial charge in [0.15, 0.2) is 0 Å². The molecule has 0 aromatic heterocycles. The van der Waals surface area contributed by atoms with E-state index in [9.17, 15) is 22.4 Å². The Labute approximate surface area is 150 Å². The maximum Gasteiger partial charge on any atom is 0.401 e. The van der Waals surface area contributed by atoms with E-state index in [1.165, 1.54) is 11.0 Å². The lowest BCUT2D eigenvalue weighted by atomic mass is 10.1. The number of carbonyl (C=O) groups is 1. The number of nitrogens with one attached hydrogen (secondary N) is 2. The third-order valence-electron chi connectivity index (χ3n) is 4.27. The summed E-state index contributed by atoms with van der Waals surface area (Å²) in [6, 6.07) is 4.31. The Morgan fingerprint density at radius 3 is 2.65 bits per heavy atom. The number of anilines is 1. The summed E-state index contributed by atoms with van der Waals surface area (Å²) in [5.74, 6) is -0.370. The number of alkyl halides is 3. The van der Waals surface area contributed by atoms with Crippen molar-refractivity contribution in [3.05, 3.63) is 29.6 Å². The Bertz CT molecular complexity index is 621. The van der Waals surface area contributed by atoms with Gasteiger partial charge in [0.05, 0.1) is 12.2 Å². The number of urea groups is 1. The topological polar surface area (TPSA) is 47.6 Å². The molecule has 0 radical (unpaired) electrons. The summed E-state index contributed by atoms with van der Waals surface area (Å²) < 4.78 is 50.9. The predicted molar refractivity (Wildman–Crippen MR) is 91.6 cm³/mol. The Kier molecular flexibility index (Phi) is 6.69. The minimum Gasteiger partial charge on any atom is -0.375 e. The molecule has 1 saturated heterocycles. The number of halogens is 4. The smallest absolute Gasteiger partial charge is 0.375 e. The molecule has 5 nitrogen and oxygen atoms in total. The third-order valence-corrected chi connectivity index (χ3v) is 4.27. The molecule has 1 atom stereocenters. The van der Waals surface area contributed by atoms with Gasteiger partial charge < -0.3 is 15.5 Å². The van der Waals surface area contributed by atoms with Crippen molar-refractivity contribution < 1.29 is 22.4 Å². The molecule has 0 aliphatic carbocycles. The SMILES string of the molecule is CN(C)c1ccc(CNC(=O)NC[C@H]2CCN(CC(F)(F)F)C2)cc1F. The van der Waals surface area contributed by atoms with Gasteiger partial charge in [-0.15, -0.1) is 0 Å². The van der Waals surface area contributed by atoms with Gasteiger partial charge in [-0.1, -0.05) is 6.07 Å². The van der Waals surface area contributed by atoms with Crippen LogP contribution in [0.1, 0.15) is 12.0 Å². The van der Waals surface area contributed by atoms with Crippen LogP contribution < -0.4 is 15.5 Å². The van der Waals surface area contributed by atoms with E-state index in [0.717, 1.165) is 0 Å². The lowest BCUT2D eigenvalue weighted by Gasteiger charge is -2.18. The van der Waals surface area contributed by atoms with E-state index in [2.05, 4.69) is 10.6 Å². The van der Waals surface area contributed by atoms with Crippen molar-refractivity contribution in [2.75, 3.05) is 45.2 Å². The van der Waals surface area contributed by atoms with Crippen molar-refractivity contribution in [3.63, 3.8) is 0 Å². The highest BCUT2D eigenvalue weighted by Crippen LogP contribution is 2.22. The number of benzene rings is 1. The summed E-state index contributed by atoms with van der Waals surface area (Å²) in [6.07, 6.45) is -3.58. The minimum absolute atomic E-state index is 0.0000747. The van der Waals surface area contributed by atoms with Crippen LogP contribution in [0.2, 0.25) is 0 Å². The first kappa shape index (κ1) is 20.3. The Balaban J connectivity index is 1.71. The zero-order valence-electron chi connectivity index (χ0n) is 14.9. The van der Waals surface area contributed by atoms with E-state index in [-0.39, 0.29) is 18.3 Å². The number of nitrogens with zero attached hydrogens (tertiary/aromatic N) is 2. The molecule has 146 valence electrons. The molecule has 26 heavy (non-hydrogen) atoms. The predicted octanol–water partition coefficient (Wildman–Crippen LogP) is 2.58. The Hall–Kier alpha value is -2.03.